The van der Waals surface area contributed by atoms with E-state index in [0.29, 0.717) is 16.7 Å². The minimum absolute atomic E-state index is 0.0267. The number of phenolic OH excluding ortho intramolecular Hbond substituents is 9. The molecule has 6 aromatic carbocycles. The number of phenols is 9. The lowest BCUT2D eigenvalue weighted by atomic mass is 9.67. The Morgan fingerprint density at radius 2 is 1.09 bits per heavy atom. The smallest absolute Gasteiger partial charge is 0.173 e. The quantitative estimate of drug-likeness (QED) is 0.0713. The minimum Gasteiger partial charge on any atom is -0.508 e. The molecule has 296 valence electrons. The van der Waals surface area contributed by atoms with E-state index in [1.165, 1.54) is 60.7 Å². The molecule has 6 aromatic rings. The van der Waals surface area contributed by atoms with E-state index >= 15 is 4.79 Å². The fourth-order valence-corrected chi connectivity index (χ4v) is 8.39. The van der Waals surface area contributed by atoms with Crippen LogP contribution in [-0.4, -0.2) is 63.0 Å². The van der Waals surface area contributed by atoms with Crippen LogP contribution < -0.4 is 4.74 Å². The predicted molar refractivity (Wildman–Crippen MR) is 206 cm³/mol. The van der Waals surface area contributed by atoms with Gasteiger partial charge in [0.1, 0.15) is 63.6 Å². The van der Waals surface area contributed by atoms with Gasteiger partial charge in [-0.2, -0.15) is 0 Å². The highest BCUT2D eigenvalue weighted by Gasteiger charge is 2.55. The molecular formula is C45H38O13. The number of aromatic hydroxyl groups is 9. The van der Waals surface area contributed by atoms with Crippen molar-refractivity contribution in [3.05, 3.63) is 154 Å². The lowest BCUT2D eigenvalue weighted by molar-refractivity contribution is 0.0171. The van der Waals surface area contributed by atoms with Gasteiger partial charge in [0.15, 0.2) is 5.78 Å². The Balaban J connectivity index is 1.43. The second-order valence-corrected chi connectivity index (χ2v) is 14.6. The highest BCUT2D eigenvalue weighted by atomic mass is 16.5. The summed E-state index contributed by atoms with van der Waals surface area (Å²) < 4.78 is 13.4. The molecule has 10 N–H and O–H groups in total. The van der Waals surface area contributed by atoms with Crippen LogP contribution in [0.1, 0.15) is 68.0 Å². The van der Waals surface area contributed by atoms with Gasteiger partial charge in [-0.25, -0.2) is 0 Å². The standard InChI is InChI=1S/C45H38O13/c46-24-7-1-21(2-8-24)37(38-35(54)20-34(53)31-19-36(55)42(57-45(31)38)22-3-9-25(47)10-4-22)39-40(41(56)29-15-13-27(49)17-32(29)51)43(23-5-11-26(48)12-6-23)58-44(39)30-16-14-28(50)18-33(30)52/h1-18,20,36-37,39-40,42-44,46-55H,19H2. The maximum absolute atomic E-state index is 15.2. The first kappa shape index (κ1) is 37.8. The number of ether oxygens (including phenoxy) is 2. The van der Waals surface area contributed by atoms with Gasteiger partial charge < -0.3 is 60.5 Å². The number of aliphatic hydroxyl groups excluding tert-OH is 1. The Morgan fingerprint density at radius 1 is 0.552 bits per heavy atom. The maximum Gasteiger partial charge on any atom is 0.173 e. The maximum atomic E-state index is 15.2. The van der Waals surface area contributed by atoms with E-state index in [0.717, 1.165) is 18.2 Å². The van der Waals surface area contributed by atoms with Crippen LogP contribution in [0.5, 0.6) is 57.5 Å². The number of carbonyl (C=O) groups is 1. The third kappa shape index (κ3) is 6.76. The van der Waals surface area contributed by atoms with Crippen molar-refractivity contribution < 1.29 is 65.3 Å². The van der Waals surface area contributed by atoms with Gasteiger partial charge in [-0.1, -0.05) is 36.4 Å². The molecule has 58 heavy (non-hydrogen) atoms. The number of fused-ring (bicyclic) bond motifs is 1. The summed E-state index contributed by atoms with van der Waals surface area (Å²) in [6.45, 7) is 0. The summed E-state index contributed by atoms with van der Waals surface area (Å²) in [5.74, 6) is -6.95. The number of aliphatic hydroxyl groups is 1. The zero-order valence-electron chi connectivity index (χ0n) is 30.4. The largest absolute Gasteiger partial charge is 0.508 e. The Morgan fingerprint density at radius 3 is 1.67 bits per heavy atom. The first-order valence-electron chi connectivity index (χ1n) is 18.3. The average Bonchev–Trinajstić information content (AvgIpc) is 3.57. The molecule has 2 heterocycles. The van der Waals surface area contributed by atoms with Gasteiger partial charge in [0.2, 0.25) is 0 Å². The van der Waals surface area contributed by atoms with Crippen molar-refractivity contribution in [1.29, 1.82) is 0 Å². The van der Waals surface area contributed by atoms with Crippen LogP contribution in [0, 0.1) is 11.8 Å². The number of rotatable bonds is 8. The van der Waals surface area contributed by atoms with Crippen LogP contribution >= 0.6 is 0 Å². The molecule has 0 spiro atoms. The third-order valence-corrected chi connectivity index (χ3v) is 11.0. The van der Waals surface area contributed by atoms with Crippen molar-refractivity contribution in [2.75, 3.05) is 0 Å². The summed E-state index contributed by atoms with van der Waals surface area (Å²) in [4.78, 5) is 15.2. The molecule has 0 aliphatic carbocycles. The normalized spacial score (nSPS) is 21.8. The van der Waals surface area contributed by atoms with Crippen LogP contribution in [0.3, 0.4) is 0 Å². The molecule has 2 aliphatic heterocycles. The molecule has 7 unspecified atom stereocenters. The van der Waals surface area contributed by atoms with Gasteiger partial charge in [-0.3, -0.25) is 4.79 Å². The van der Waals surface area contributed by atoms with Gasteiger partial charge in [-0.05, 0) is 77.4 Å². The molecule has 8 rings (SSSR count). The first-order valence-corrected chi connectivity index (χ1v) is 18.3. The summed E-state index contributed by atoms with van der Waals surface area (Å²) in [7, 11) is 0. The monoisotopic (exact) mass is 786 g/mol. The van der Waals surface area contributed by atoms with E-state index in [1.54, 1.807) is 36.4 Å². The van der Waals surface area contributed by atoms with Crippen molar-refractivity contribution >= 4 is 5.78 Å². The Hall–Kier alpha value is -7.09. The molecule has 7 atom stereocenters. The zero-order chi connectivity index (χ0) is 41.0. The molecule has 13 heteroatoms. The van der Waals surface area contributed by atoms with Gasteiger partial charge >= 0.3 is 0 Å². The van der Waals surface area contributed by atoms with E-state index < -0.39 is 65.2 Å². The molecule has 0 amide bonds. The highest BCUT2D eigenvalue weighted by Crippen LogP contribution is 2.62. The van der Waals surface area contributed by atoms with Crippen LogP contribution in [-0.2, 0) is 11.2 Å². The minimum atomic E-state index is -1.32. The molecule has 0 aromatic heterocycles. The topological polar surface area (TPSA) is 238 Å². The fraction of sp³-hybridized carbons (Fsp3) is 0.178. The predicted octanol–water partition coefficient (Wildman–Crippen LogP) is 6.83. The molecule has 2 aliphatic rings. The second kappa shape index (κ2) is 14.8. The second-order valence-electron chi connectivity index (χ2n) is 14.6. The van der Waals surface area contributed by atoms with E-state index in [9.17, 15) is 51.1 Å². The summed E-state index contributed by atoms with van der Waals surface area (Å²) in [6, 6.07) is 26.3. The van der Waals surface area contributed by atoms with E-state index in [4.69, 9.17) is 9.47 Å². The van der Waals surface area contributed by atoms with E-state index in [-0.39, 0.29) is 68.9 Å². The molecule has 1 fully saturated rings. The molecule has 13 nitrogen and oxygen atoms in total. The van der Waals surface area contributed by atoms with Crippen molar-refractivity contribution in [3.8, 4) is 57.5 Å². The summed E-state index contributed by atoms with van der Waals surface area (Å²) in [6.07, 6.45) is -4.84. The van der Waals surface area contributed by atoms with Crippen LogP contribution in [0.4, 0.5) is 0 Å². The van der Waals surface area contributed by atoms with Gasteiger partial charge in [-0.15, -0.1) is 0 Å². The molecule has 0 radical (unpaired) electrons. The van der Waals surface area contributed by atoms with Crippen LogP contribution in [0.15, 0.2) is 115 Å². The first-order chi connectivity index (χ1) is 27.8. The number of benzene rings is 6. The molecular weight excluding hydrogens is 748 g/mol. The highest BCUT2D eigenvalue weighted by molar-refractivity contribution is 6.01. The number of hydrogen-bond acceptors (Lipinski definition) is 13. The van der Waals surface area contributed by atoms with Crippen molar-refractivity contribution in [2.45, 2.75) is 36.8 Å². The van der Waals surface area contributed by atoms with Gasteiger partial charge in [0, 0.05) is 53.1 Å². The zero-order valence-corrected chi connectivity index (χ0v) is 30.4. The number of carbonyl (C=O) groups excluding carboxylic acids is 1. The van der Waals surface area contributed by atoms with Crippen molar-refractivity contribution in [1.82, 2.24) is 0 Å². The number of ketones is 1. The van der Waals surface area contributed by atoms with Crippen LogP contribution in [0.2, 0.25) is 0 Å². The summed E-state index contributed by atoms with van der Waals surface area (Å²) in [5.41, 5.74) is 1.39. The molecule has 0 bridgehead atoms. The molecule has 1 saturated heterocycles. The average molecular weight is 787 g/mol. The summed E-state index contributed by atoms with van der Waals surface area (Å²) >= 11 is 0. The Labute approximate surface area is 330 Å². The lowest BCUT2D eigenvalue weighted by Gasteiger charge is -2.38. The fourth-order valence-electron chi connectivity index (χ4n) is 8.39. The SMILES string of the molecule is O=C(c1ccc(O)cc1O)C1C(c2ccc(O)cc2)OC(c2ccc(O)cc2O)C1C(c1ccc(O)cc1)c1c(O)cc(O)c2c1OC(c1ccc(O)cc1)C(O)C2. The van der Waals surface area contributed by atoms with E-state index in [1.807, 2.05) is 0 Å². The Kier molecular flexibility index (Phi) is 9.63. The summed E-state index contributed by atoms with van der Waals surface area (Å²) in [5, 5.41) is 108. The molecule has 0 saturated carbocycles. The van der Waals surface area contributed by atoms with Gasteiger partial charge in [0.25, 0.3) is 0 Å². The van der Waals surface area contributed by atoms with E-state index in [2.05, 4.69) is 0 Å². The van der Waals surface area contributed by atoms with Gasteiger partial charge in [0.05, 0.1) is 29.8 Å². The third-order valence-electron chi connectivity index (χ3n) is 11.0. The number of hydrogen-bond donors (Lipinski definition) is 10. The lowest BCUT2D eigenvalue weighted by Crippen LogP contribution is -2.34. The number of Topliss-reactive ketones (excluding diaryl/α,β-unsaturated/α-hetero) is 1. The van der Waals surface area contributed by atoms with Crippen LogP contribution in [0.25, 0.3) is 0 Å². The Bertz CT molecular complexity index is 2500. The van der Waals surface area contributed by atoms with Crippen molar-refractivity contribution in [3.63, 3.8) is 0 Å². The van der Waals surface area contributed by atoms with Crippen molar-refractivity contribution in [2.24, 2.45) is 11.8 Å².